The van der Waals surface area contributed by atoms with Gasteiger partial charge in [-0.1, -0.05) is 24.3 Å². The SMILES string of the molecule is CN(C(=O)O)C1CCC(CC(=O)Nc2cc(-c3ccsc3)c(-c3ccc(C4(N)CC(C)(O)C4)cc3)nn2)CC1. The Morgan fingerprint density at radius 3 is 2.38 bits per heavy atom. The molecule has 2 saturated carbocycles. The number of amides is 2. The summed E-state index contributed by atoms with van der Waals surface area (Å²) in [6, 6.07) is 11.8. The Bertz CT molecular complexity index is 1330. The second kappa shape index (κ2) is 10.7. The number of nitrogens with zero attached hydrogens (tertiary/aromatic N) is 3. The highest BCUT2D eigenvalue weighted by molar-refractivity contribution is 7.08. The van der Waals surface area contributed by atoms with Crippen molar-refractivity contribution in [1.29, 1.82) is 0 Å². The summed E-state index contributed by atoms with van der Waals surface area (Å²) in [5.41, 5.74) is 9.72. The van der Waals surface area contributed by atoms with Crippen LogP contribution in [0.15, 0.2) is 47.2 Å². The minimum atomic E-state index is -0.911. The lowest BCUT2D eigenvalue weighted by Gasteiger charge is -2.49. The van der Waals surface area contributed by atoms with Gasteiger partial charge in [-0.05, 0) is 85.4 Å². The Kier molecular flexibility index (Phi) is 7.45. The average molecular weight is 550 g/mol. The first-order valence-corrected chi connectivity index (χ1v) is 14.3. The van der Waals surface area contributed by atoms with Crippen LogP contribution in [0, 0.1) is 5.92 Å². The minimum absolute atomic E-state index is 0.0152. The maximum atomic E-state index is 12.9. The van der Waals surface area contributed by atoms with Crippen LogP contribution in [0.4, 0.5) is 10.6 Å². The second-order valence-corrected chi connectivity index (χ2v) is 12.2. The van der Waals surface area contributed by atoms with E-state index < -0.39 is 17.2 Å². The van der Waals surface area contributed by atoms with Gasteiger partial charge in [0.2, 0.25) is 5.91 Å². The number of benzene rings is 1. The number of thiophene rings is 1. The number of anilines is 1. The molecule has 3 aromatic rings. The van der Waals surface area contributed by atoms with Crippen molar-refractivity contribution < 1.29 is 19.8 Å². The zero-order chi connectivity index (χ0) is 27.8. The number of hydrogen-bond donors (Lipinski definition) is 4. The molecule has 0 radical (unpaired) electrons. The number of nitrogens with two attached hydrogens (primary N) is 1. The van der Waals surface area contributed by atoms with Crippen LogP contribution in [0.5, 0.6) is 0 Å². The summed E-state index contributed by atoms with van der Waals surface area (Å²) in [5.74, 6) is 0.506. The normalized spacial score (nSPS) is 26.5. The fourth-order valence-corrected chi connectivity index (χ4v) is 6.78. The lowest BCUT2D eigenvalue weighted by molar-refractivity contribution is -0.117. The van der Waals surface area contributed by atoms with Gasteiger partial charge in [-0.2, -0.15) is 11.3 Å². The summed E-state index contributed by atoms with van der Waals surface area (Å²) in [4.78, 5) is 25.4. The summed E-state index contributed by atoms with van der Waals surface area (Å²) in [7, 11) is 1.61. The van der Waals surface area contributed by atoms with E-state index in [0.29, 0.717) is 30.8 Å². The molecule has 5 rings (SSSR count). The summed E-state index contributed by atoms with van der Waals surface area (Å²) < 4.78 is 0. The van der Waals surface area contributed by atoms with Crippen LogP contribution < -0.4 is 11.1 Å². The first kappa shape index (κ1) is 27.2. The molecular weight excluding hydrogens is 514 g/mol. The minimum Gasteiger partial charge on any atom is -0.465 e. The van der Waals surface area contributed by atoms with Crippen molar-refractivity contribution >= 4 is 29.2 Å². The zero-order valence-corrected chi connectivity index (χ0v) is 23.1. The van der Waals surface area contributed by atoms with Crippen molar-refractivity contribution in [2.45, 2.75) is 69.1 Å². The van der Waals surface area contributed by atoms with E-state index in [4.69, 9.17) is 5.73 Å². The number of hydrogen-bond acceptors (Lipinski definition) is 7. The van der Waals surface area contributed by atoms with Crippen molar-refractivity contribution in [2.24, 2.45) is 11.7 Å². The smallest absolute Gasteiger partial charge is 0.407 e. The van der Waals surface area contributed by atoms with Crippen molar-refractivity contribution in [3.05, 3.63) is 52.7 Å². The van der Waals surface area contributed by atoms with E-state index in [-0.39, 0.29) is 17.9 Å². The number of carbonyl (C=O) groups excluding carboxylic acids is 1. The molecular formula is C29H35N5O4S. The van der Waals surface area contributed by atoms with Crippen molar-refractivity contribution in [1.82, 2.24) is 15.1 Å². The molecule has 0 aliphatic heterocycles. The standard InChI is InChI=1S/C29H35N5O4S/c1-28(38)16-29(30,17-28)21-7-5-19(6-8-21)26-23(20-11-12-39-15-20)14-24(32-33-26)31-25(35)13-18-3-9-22(10-4-18)34(2)27(36)37/h5-8,11-12,14-15,18,22,38H,3-4,9-10,13,16-17,30H2,1-2H3,(H,36,37)(H,31,32,35). The molecule has 2 fully saturated rings. The molecule has 0 atom stereocenters. The molecule has 0 spiro atoms. The van der Waals surface area contributed by atoms with E-state index in [9.17, 15) is 19.8 Å². The third-order valence-electron chi connectivity index (χ3n) is 8.16. The Labute approximate surface area is 232 Å². The highest BCUT2D eigenvalue weighted by Gasteiger charge is 2.49. The van der Waals surface area contributed by atoms with Gasteiger partial charge in [-0.15, -0.1) is 10.2 Å². The molecule has 5 N–H and O–H groups in total. The van der Waals surface area contributed by atoms with Gasteiger partial charge in [-0.25, -0.2) is 4.79 Å². The largest absolute Gasteiger partial charge is 0.465 e. The van der Waals surface area contributed by atoms with Crippen LogP contribution in [0.2, 0.25) is 0 Å². The number of aromatic nitrogens is 2. The Morgan fingerprint density at radius 1 is 1.10 bits per heavy atom. The predicted molar refractivity (Wildman–Crippen MR) is 151 cm³/mol. The van der Waals surface area contributed by atoms with Gasteiger partial charge in [0.15, 0.2) is 5.82 Å². The van der Waals surface area contributed by atoms with Crippen LogP contribution >= 0.6 is 11.3 Å². The molecule has 206 valence electrons. The molecule has 2 aromatic heterocycles. The maximum Gasteiger partial charge on any atom is 0.407 e. The number of rotatable bonds is 7. The lowest BCUT2D eigenvalue weighted by Crippen LogP contribution is -2.58. The first-order chi connectivity index (χ1) is 18.5. The van der Waals surface area contributed by atoms with Gasteiger partial charge in [0.1, 0.15) is 5.69 Å². The first-order valence-electron chi connectivity index (χ1n) is 13.3. The van der Waals surface area contributed by atoms with Gasteiger partial charge >= 0.3 is 6.09 Å². The molecule has 0 unspecified atom stereocenters. The summed E-state index contributed by atoms with van der Waals surface area (Å²) >= 11 is 1.59. The summed E-state index contributed by atoms with van der Waals surface area (Å²) in [6.07, 6.45) is 3.67. The van der Waals surface area contributed by atoms with Gasteiger partial charge in [0.05, 0.1) is 5.60 Å². The topological polar surface area (TPSA) is 142 Å². The van der Waals surface area contributed by atoms with Crippen molar-refractivity contribution in [2.75, 3.05) is 12.4 Å². The monoisotopic (exact) mass is 549 g/mol. The summed E-state index contributed by atoms with van der Waals surface area (Å²) in [6.45, 7) is 1.81. The average Bonchev–Trinajstić information content (AvgIpc) is 3.42. The molecule has 10 heteroatoms. The van der Waals surface area contributed by atoms with Gasteiger partial charge < -0.3 is 26.2 Å². The lowest BCUT2D eigenvalue weighted by atomic mass is 9.63. The van der Waals surface area contributed by atoms with Gasteiger partial charge in [0, 0.05) is 36.2 Å². The van der Waals surface area contributed by atoms with E-state index in [0.717, 1.165) is 47.9 Å². The van der Waals surface area contributed by atoms with E-state index in [1.165, 1.54) is 4.90 Å². The van der Waals surface area contributed by atoms with Crippen LogP contribution in [-0.2, 0) is 10.3 Å². The molecule has 39 heavy (non-hydrogen) atoms. The molecule has 2 aliphatic carbocycles. The van der Waals surface area contributed by atoms with Crippen LogP contribution in [-0.4, -0.2) is 56.0 Å². The van der Waals surface area contributed by atoms with Crippen molar-refractivity contribution in [3.63, 3.8) is 0 Å². The third kappa shape index (κ3) is 5.98. The number of nitrogens with one attached hydrogen (secondary N) is 1. The second-order valence-electron chi connectivity index (χ2n) is 11.4. The zero-order valence-electron chi connectivity index (χ0n) is 22.3. The van der Waals surface area contributed by atoms with Crippen LogP contribution in [0.3, 0.4) is 0 Å². The van der Waals surface area contributed by atoms with E-state index in [1.54, 1.807) is 25.3 Å². The predicted octanol–water partition coefficient (Wildman–Crippen LogP) is 5.07. The number of carbonyl (C=O) groups is 2. The van der Waals surface area contributed by atoms with Crippen LogP contribution in [0.25, 0.3) is 22.4 Å². The number of carboxylic acid groups (broad SMARTS) is 1. The highest BCUT2D eigenvalue weighted by atomic mass is 32.1. The van der Waals surface area contributed by atoms with E-state index >= 15 is 0 Å². The molecule has 0 saturated heterocycles. The number of aliphatic hydroxyl groups is 1. The molecule has 2 amide bonds. The Balaban J connectivity index is 1.28. The molecule has 2 heterocycles. The van der Waals surface area contributed by atoms with Crippen molar-refractivity contribution in [3.8, 4) is 22.4 Å². The van der Waals surface area contributed by atoms with Gasteiger partial charge in [0.25, 0.3) is 0 Å². The molecule has 0 bridgehead atoms. The quantitative estimate of drug-likeness (QED) is 0.322. The Morgan fingerprint density at radius 2 is 1.79 bits per heavy atom. The fourth-order valence-electron chi connectivity index (χ4n) is 6.12. The molecule has 9 nitrogen and oxygen atoms in total. The van der Waals surface area contributed by atoms with E-state index in [2.05, 4.69) is 15.5 Å². The maximum absolute atomic E-state index is 12.9. The molecule has 2 aliphatic rings. The highest BCUT2D eigenvalue weighted by Crippen LogP contribution is 2.46. The third-order valence-corrected chi connectivity index (χ3v) is 8.84. The van der Waals surface area contributed by atoms with Crippen LogP contribution in [0.1, 0.15) is 57.4 Å². The summed E-state index contributed by atoms with van der Waals surface area (Å²) in [5, 5.41) is 35.2. The van der Waals surface area contributed by atoms with Gasteiger partial charge in [-0.3, -0.25) is 4.79 Å². The molecule has 1 aromatic carbocycles. The fraction of sp³-hybridized carbons (Fsp3) is 0.448. The van der Waals surface area contributed by atoms with E-state index in [1.807, 2.05) is 47.2 Å². The Hall–Kier alpha value is -3.34.